The summed E-state index contributed by atoms with van der Waals surface area (Å²) in [5.74, 6) is 0.168. The number of carbonyl (C=O) groups is 2. The lowest BCUT2D eigenvalue weighted by Gasteiger charge is -2.50. The van der Waals surface area contributed by atoms with Crippen LogP contribution in [0.4, 0.5) is 0 Å². The number of piperidine rings is 1. The number of H-pyrrole nitrogens is 1. The van der Waals surface area contributed by atoms with E-state index in [-0.39, 0.29) is 18.4 Å². The Kier molecular flexibility index (Phi) is 5.67. The van der Waals surface area contributed by atoms with Crippen LogP contribution in [0.3, 0.4) is 0 Å². The molecular weight excluding hydrogens is 368 g/mol. The molecule has 7 nitrogen and oxygen atoms in total. The molecule has 1 saturated heterocycles. The number of ether oxygens (including phenoxy) is 1. The molecule has 0 radical (unpaired) electrons. The molecule has 0 aliphatic carbocycles. The summed E-state index contributed by atoms with van der Waals surface area (Å²) in [5.41, 5.74) is 2.80. The second kappa shape index (κ2) is 8.37. The van der Waals surface area contributed by atoms with Crippen molar-refractivity contribution < 1.29 is 14.3 Å². The Morgan fingerprint density at radius 2 is 1.90 bits per heavy atom. The lowest BCUT2D eigenvalue weighted by atomic mass is 9.78. The predicted octanol–water partition coefficient (Wildman–Crippen LogP) is 1.89. The summed E-state index contributed by atoms with van der Waals surface area (Å²) in [6, 6.07) is 10.1. The van der Waals surface area contributed by atoms with Gasteiger partial charge in [-0.2, -0.15) is 0 Å². The number of imidazole rings is 1. The van der Waals surface area contributed by atoms with E-state index >= 15 is 0 Å². The number of benzene rings is 1. The van der Waals surface area contributed by atoms with E-state index in [2.05, 4.69) is 22.1 Å². The smallest absolute Gasteiger partial charge is 0.249 e. The van der Waals surface area contributed by atoms with Gasteiger partial charge in [-0.1, -0.05) is 30.3 Å². The zero-order chi connectivity index (χ0) is 20.3. The molecule has 2 aromatic rings. The van der Waals surface area contributed by atoms with Gasteiger partial charge in [0.25, 0.3) is 0 Å². The SMILES string of the molecule is COCC(=O)N1CCc2[nH]cnc2C12CCN(C(=O)CCc1ccccc1)CC2. The molecular formula is C22H28N4O3. The number of aromatic amines is 1. The number of rotatable bonds is 5. The summed E-state index contributed by atoms with van der Waals surface area (Å²) < 4.78 is 5.11. The van der Waals surface area contributed by atoms with E-state index in [1.54, 1.807) is 13.4 Å². The van der Waals surface area contributed by atoms with Gasteiger partial charge in [-0.25, -0.2) is 4.98 Å². The second-order valence-corrected chi connectivity index (χ2v) is 7.86. The molecule has 2 aliphatic heterocycles. The van der Waals surface area contributed by atoms with Crippen molar-refractivity contribution in [2.45, 2.75) is 37.6 Å². The molecule has 0 bridgehead atoms. The Morgan fingerprint density at radius 1 is 1.14 bits per heavy atom. The molecule has 1 N–H and O–H groups in total. The van der Waals surface area contributed by atoms with E-state index < -0.39 is 5.54 Å². The standard InChI is InChI=1S/C22H28N4O3/c1-29-15-20(28)26-12-9-18-21(24-16-23-18)22(26)10-13-25(14-11-22)19(27)8-7-17-5-3-2-4-6-17/h2-6,16H,7-15H2,1H3,(H,23,24). The molecule has 1 aromatic carbocycles. The number of aromatic nitrogens is 2. The van der Waals surface area contributed by atoms with Crippen LogP contribution in [0.1, 0.15) is 36.2 Å². The zero-order valence-corrected chi connectivity index (χ0v) is 16.9. The van der Waals surface area contributed by atoms with Crippen LogP contribution < -0.4 is 0 Å². The molecule has 1 spiro atoms. The number of fused-ring (bicyclic) bond motifs is 2. The highest BCUT2D eigenvalue weighted by atomic mass is 16.5. The van der Waals surface area contributed by atoms with Gasteiger partial charge in [0.05, 0.1) is 17.6 Å². The average molecular weight is 396 g/mol. The van der Waals surface area contributed by atoms with Gasteiger partial charge in [-0.3, -0.25) is 9.59 Å². The van der Waals surface area contributed by atoms with Crippen LogP contribution in [-0.2, 0) is 32.7 Å². The number of aryl methyl sites for hydroxylation is 1. The fourth-order valence-corrected chi connectivity index (χ4v) is 4.73. The number of carbonyl (C=O) groups excluding carboxylic acids is 2. The molecule has 0 saturated carbocycles. The number of amides is 2. The molecule has 0 atom stereocenters. The Hall–Kier alpha value is -2.67. The summed E-state index contributed by atoms with van der Waals surface area (Å²) in [6.45, 7) is 1.99. The molecule has 7 heteroatoms. The fourth-order valence-electron chi connectivity index (χ4n) is 4.73. The van der Waals surface area contributed by atoms with Gasteiger partial charge in [0.2, 0.25) is 11.8 Å². The third-order valence-electron chi connectivity index (χ3n) is 6.24. The summed E-state index contributed by atoms with van der Waals surface area (Å²) in [5, 5.41) is 0. The Morgan fingerprint density at radius 3 is 2.62 bits per heavy atom. The lowest BCUT2D eigenvalue weighted by molar-refractivity contribution is -0.147. The highest BCUT2D eigenvalue weighted by Gasteiger charge is 2.48. The first kappa shape index (κ1) is 19.6. The second-order valence-electron chi connectivity index (χ2n) is 7.86. The normalized spacial score (nSPS) is 18.0. The Labute approximate surface area is 171 Å². The van der Waals surface area contributed by atoms with Gasteiger partial charge in [-0.05, 0) is 24.8 Å². The molecule has 154 valence electrons. The van der Waals surface area contributed by atoms with E-state index in [0.717, 1.165) is 24.2 Å². The lowest BCUT2D eigenvalue weighted by Crippen LogP contribution is -2.59. The first-order valence-electron chi connectivity index (χ1n) is 10.3. The van der Waals surface area contributed by atoms with Crippen LogP contribution in [-0.4, -0.2) is 64.9 Å². The van der Waals surface area contributed by atoms with E-state index in [9.17, 15) is 9.59 Å². The first-order chi connectivity index (χ1) is 14.1. The Bertz CT molecular complexity index is 856. The van der Waals surface area contributed by atoms with Crippen LogP contribution in [0, 0.1) is 0 Å². The molecule has 2 aliphatic rings. The van der Waals surface area contributed by atoms with Crippen molar-refractivity contribution in [1.29, 1.82) is 0 Å². The molecule has 4 rings (SSSR count). The average Bonchev–Trinajstić information content (AvgIpc) is 3.24. The number of hydrogen-bond donors (Lipinski definition) is 1. The minimum atomic E-state index is -0.445. The molecule has 3 heterocycles. The molecule has 1 aromatic heterocycles. The predicted molar refractivity (Wildman–Crippen MR) is 108 cm³/mol. The van der Waals surface area contributed by atoms with Gasteiger partial charge >= 0.3 is 0 Å². The topological polar surface area (TPSA) is 78.5 Å². The van der Waals surface area contributed by atoms with Gasteiger partial charge < -0.3 is 19.5 Å². The number of hydrogen-bond acceptors (Lipinski definition) is 4. The summed E-state index contributed by atoms with van der Waals surface area (Å²) in [7, 11) is 1.54. The van der Waals surface area contributed by atoms with Gasteiger partial charge in [0.1, 0.15) is 6.61 Å². The van der Waals surface area contributed by atoms with E-state index in [0.29, 0.717) is 38.9 Å². The van der Waals surface area contributed by atoms with Crippen molar-refractivity contribution in [3.05, 3.63) is 53.6 Å². The maximum absolute atomic E-state index is 12.8. The number of likely N-dealkylation sites (tertiary alicyclic amines) is 1. The largest absolute Gasteiger partial charge is 0.375 e. The quantitative estimate of drug-likeness (QED) is 0.837. The van der Waals surface area contributed by atoms with Crippen molar-refractivity contribution in [2.75, 3.05) is 33.4 Å². The van der Waals surface area contributed by atoms with Crippen molar-refractivity contribution in [3.8, 4) is 0 Å². The third kappa shape index (κ3) is 3.79. The van der Waals surface area contributed by atoms with Crippen molar-refractivity contribution >= 4 is 11.8 Å². The molecule has 2 amide bonds. The third-order valence-corrected chi connectivity index (χ3v) is 6.24. The highest BCUT2D eigenvalue weighted by molar-refractivity contribution is 5.79. The molecule has 1 fully saturated rings. The summed E-state index contributed by atoms with van der Waals surface area (Å²) in [6.07, 6.45) is 5.16. The van der Waals surface area contributed by atoms with E-state index in [1.165, 1.54) is 5.56 Å². The van der Waals surface area contributed by atoms with Gasteiger partial charge in [0.15, 0.2) is 0 Å². The summed E-state index contributed by atoms with van der Waals surface area (Å²) in [4.78, 5) is 37.2. The first-order valence-corrected chi connectivity index (χ1v) is 10.3. The molecule has 29 heavy (non-hydrogen) atoms. The van der Waals surface area contributed by atoms with E-state index in [1.807, 2.05) is 28.0 Å². The Balaban J connectivity index is 1.45. The number of nitrogens with zero attached hydrogens (tertiary/aromatic N) is 3. The molecule has 0 unspecified atom stereocenters. The summed E-state index contributed by atoms with van der Waals surface area (Å²) >= 11 is 0. The van der Waals surface area contributed by atoms with Gasteiger partial charge in [0, 0.05) is 45.3 Å². The van der Waals surface area contributed by atoms with Crippen molar-refractivity contribution in [2.24, 2.45) is 0 Å². The van der Waals surface area contributed by atoms with Crippen LogP contribution in [0.5, 0.6) is 0 Å². The number of methoxy groups -OCH3 is 1. The van der Waals surface area contributed by atoms with Crippen LogP contribution in [0.15, 0.2) is 36.7 Å². The fraction of sp³-hybridized carbons (Fsp3) is 0.500. The highest BCUT2D eigenvalue weighted by Crippen LogP contribution is 2.42. The monoisotopic (exact) mass is 396 g/mol. The van der Waals surface area contributed by atoms with E-state index in [4.69, 9.17) is 4.74 Å². The zero-order valence-electron chi connectivity index (χ0n) is 16.9. The maximum Gasteiger partial charge on any atom is 0.249 e. The number of nitrogens with one attached hydrogen (secondary N) is 1. The van der Waals surface area contributed by atoms with Crippen LogP contribution >= 0.6 is 0 Å². The van der Waals surface area contributed by atoms with Crippen molar-refractivity contribution in [3.63, 3.8) is 0 Å². The maximum atomic E-state index is 12.8. The van der Waals surface area contributed by atoms with Gasteiger partial charge in [-0.15, -0.1) is 0 Å². The van der Waals surface area contributed by atoms with Crippen molar-refractivity contribution in [1.82, 2.24) is 19.8 Å². The van der Waals surface area contributed by atoms with Crippen LogP contribution in [0.2, 0.25) is 0 Å². The minimum absolute atomic E-state index is 0.00926. The van der Waals surface area contributed by atoms with Crippen LogP contribution in [0.25, 0.3) is 0 Å². The minimum Gasteiger partial charge on any atom is -0.375 e.